The highest BCUT2D eigenvalue weighted by molar-refractivity contribution is 7.79. The van der Waals surface area contributed by atoms with E-state index >= 15 is 0 Å². The first-order valence-electron chi connectivity index (χ1n) is 2.92. The summed E-state index contributed by atoms with van der Waals surface area (Å²) in [5, 5.41) is 8.20. The number of pyridine rings is 1. The molecule has 2 N–H and O–H groups in total. The molecule has 0 radical (unpaired) electrons. The fourth-order valence-corrected chi connectivity index (χ4v) is 1.19. The molecule has 1 rings (SSSR count). The molecular formula is C6H5NO4S. The summed E-state index contributed by atoms with van der Waals surface area (Å²) in [6.07, 6.45) is 1.26. The zero-order chi connectivity index (χ0) is 9.14. The molecule has 1 aromatic rings. The molecule has 0 aliphatic carbocycles. The Hall–Kier alpha value is -1.27. The average molecular weight is 187 g/mol. The van der Waals surface area contributed by atoms with Gasteiger partial charge in [-0.05, 0) is 12.1 Å². The Morgan fingerprint density at radius 2 is 2.25 bits per heavy atom. The summed E-state index contributed by atoms with van der Waals surface area (Å²) in [5.41, 5.74) is -0.252. The SMILES string of the molecule is O=C(O)c1cccnc1S(=O)O. The van der Waals surface area contributed by atoms with E-state index in [1.165, 1.54) is 18.3 Å². The molecule has 1 unspecified atom stereocenters. The third-order valence-corrected chi connectivity index (χ3v) is 1.82. The largest absolute Gasteiger partial charge is 0.478 e. The molecule has 1 heterocycles. The average Bonchev–Trinajstić information content (AvgIpc) is 2.04. The first-order chi connectivity index (χ1) is 5.63. The number of nitrogens with zero attached hydrogens (tertiary/aromatic N) is 1. The summed E-state index contributed by atoms with van der Waals surface area (Å²) in [7, 11) is 0. The van der Waals surface area contributed by atoms with Gasteiger partial charge >= 0.3 is 5.97 Å². The van der Waals surface area contributed by atoms with Crippen LogP contribution in [-0.4, -0.2) is 24.8 Å². The smallest absolute Gasteiger partial charge is 0.338 e. The zero-order valence-corrected chi connectivity index (χ0v) is 6.61. The summed E-state index contributed by atoms with van der Waals surface area (Å²) in [4.78, 5) is 13.9. The predicted molar refractivity (Wildman–Crippen MR) is 40.2 cm³/mol. The Balaban J connectivity index is 3.27. The van der Waals surface area contributed by atoms with Crippen LogP contribution in [0.1, 0.15) is 10.4 Å². The molecule has 0 fully saturated rings. The first-order valence-corrected chi connectivity index (χ1v) is 4.02. The standard InChI is InChI=1S/C6H5NO4S/c8-6(9)4-2-1-3-7-5(4)12(10)11/h1-3H,(H,8,9)(H,10,11). The van der Waals surface area contributed by atoms with Crippen LogP contribution < -0.4 is 0 Å². The van der Waals surface area contributed by atoms with Crippen molar-refractivity contribution in [1.29, 1.82) is 0 Å². The number of carbonyl (C=O) groups is 1. The fourth-order valence-electron chi connectivity index (χ4n) is 0.693. The van der Waals surface area contributed by atoms with Gasteiger partial charge in [0.15, 0.2) is 5.03 Å². The highest BCUT2D eigenvalue weighted by Gasteiger charge is 2.14. The molecule has 1 aromatic heterocycles. The second-order valence-corrected chi connectivity index (χ2v) is 2.80. The van der Waals surface area contributed by atoms with Crippen molar-refractivity contribution in [2.45, 2.75) is 5.03 Å². The number of hydrogen-bond donors (Lipinski definition) is 2. The van der Waals surface area contributed by atoms with Crippen molar-refractivity contribution in [2.24, 2.45) is 0 Å². The van der Waals surface area contributed by atoms with Crippen LogP contribution >= 0.6 is 0 Å². The van der Waals surface area contributed by atoms with E-state index < -0.39 is 17.0 Å². The topological polar surface area (TPSA) is 87.5 Å². The van der Waals surface area contributed by atoms with E-state index in [-0.39, 0.29) is 10.6 Å². The summed E-state index contributed by atoms with van der Waals surface area (Å²) in [6, 6.07) is 2.61. The van der Waals surface area contributed by atoms with Crippen LogP contribution in [-0.2, 0) is 11.1 Å². The van der Waals surface area contributed by atoms with Gasteiger partial charge in [-0.15, -0.1) is 0 Å². The molecule has 0 aromatic carbocycles. The van der Waals surface area contributed by atoms with E-state index in [0.29, 0.717) is 0 Å². The Morgan fingerprint density at radius 3 is 2.67 bits per heavy atom. The number of carboxylic acids is 1. The second kappa shape index (κ2) is 3.42. The maximum atomic E-state index is 10.5. The summed E-state index contributed by atoms with van der Waals surface area (Å²) in [6.45, 7) is 0. The number of aromatic carboxylic acids is 1. The lowest BCUT2D eigenvalue weighted by Crippen LogP contribution is -2.05. The predicted octanol–water partition coefficient (Wildman–Crippen LogP) is 0.360. The summed E-state index contributed by atoms with van der Waals surface area (Å²) < 4.78 is 19.1. The molecule has 0 aliphatic heterocycles. The van der Waals surface area contributed by atoms with Gasteiger partial charge in [0.2, 0.25) is 11.1 Å². The molecule has 64 valence electrons. The first kappa shape index (κ1) is 8.82. The van der Waals surface area contributed by atoms with Crippen molar-refractivity contribution in [3.05, 3.63) is 23.9 Å². The van der Waals surface area contributed by atoms with Crippen LogP contribution in [0.15, 0.2) is 23.4 Å². The molecule has 0 bridgehead atoms. The third-order valence-electron chi connectivity index (χ3n) is 1.17. The van der Waals surface area contributed by atoms with Gasteiger partial charge in [-0.3, -0.25) is 0 Å². The normalized spacial score (nSPS) is 12.4. The van der Waals surface area contributed by atoms with Gasteiger partial charge in [-0.25, -0.2) is 14.0 Å². The highest BCUT2D eigenvalue weighted by Crippen LogP contribution is 2.07. The number of aromatic nitrogens is 1. The van der Waals surface area contributed by atoms with E-state index in [1.54, 1.807) is 0 Å². The highest BCUT2D eigenvalue weighted by atomic mass is 32.2. The molecule has 0 amide bonds. The van der Waals surface area contributed by atoms with Gasteiger partial charge in [-0.1, -0.05) is 0 Å². The number of hydrogen-bond acceptors (Lipinski definition) is 3. The Bertz CT molecular complexity index is 305. The Labute approximate surface area is 70.3 Å². The molecule has 6 heteroatoms. The van der Waals surface area contributed by atoms with Crippen LogP contribution in [0.5, 0.6) is 0 Å². The molecule has 0 aliphatic rings. The van der Waals surface area contributed by atoms with Crippen molar-refractivity contribution >= 4 is 17.0 Å². The van der Waals surface area contributed by atoms with Crippen molar-refractivity contribution in [1.82, 2.24) is 4.98 Å². The lowest BCUT2D eigenvalue weighted by Gasteiger charge is -1.97. The molecule has 5 nitrogen and oxygen atoms in total. The van der Waals surface area contributed by atoms with Crippen LogP contribution in [0.4, 0.5) is 0 Å². The van der Waals surface area contributed by atoms with Gasteiger partial charge in [0.25, 0.3) is 0 Å². The quantitative estimate of drug-likeness (QED) is 0.652. The van der Waals surface area contributed by atoms with Crippen molar-refractivity contribution < 1.29 is 18.7 Å². The van der Waals surface area contributed by atoms with Crippen LogP contribution in [0, 0.1) is 0 Å². The van der Waals surface area contributed by atoms with Crippen molar-refractivity contribution in [3.8, 4) is 0 Å². The maximum absolute atomic E-state index is 10.5. The lowest BCUT2D eigenvalue weighted by atomic mass is 10.3. The summed E-state index contributed by atoms with van der Waals surface area (Å²) >= 11 is -2.35. The minimum Gasteiger partial charge on any atom is -0.478 e. The second-order valence-electron chi connectivity index (χ2n) is 1.91. The molecule has 0 saturated heterocycles. The molecule has 0 spiro atoms. The number of rotatable bonds is 2. The zero-order valence-electron chi connectivity index (χ0n) is 5.80. The van der Waals surface area contributed by atoms with E-state index in [9.17, 15) is 9.00 Å². The van der Waals surface area contributed by atoms with Crippen LogP contribution in [0.2, 0.25) is 0 Å². The minimum absolute atomic E-state index is 0.252. The molecule has 1 atom stereocenters. The van der Waals surface area contributed by atoms with E-state index in [4.69, 9.17) is 9.66 Å². The number of carboxylic acid groups (broad SMARTS) is 1. The van der Waals surface area contributed by atoms with E-state index in [1.807, 2.05) is 0 Å². The summed E-state index contributed by atoms with van der Waals surface area (Å²) in [5.74, 6) is -1.26. The maximum Gasteiger partial charge on any atom is 0.338 e. The molecule has 0 saturated carbocycles. The third kappa shape index (κ3) is 1.66. The fraction of sp³-hybridized carbons (Fsp3) is 0. The van der Waals surface area contributed by atoms with E-state index in [0.717, 1.165) is 0 Å². The molecular weight excluding hydrogens is 182 g/mol. The van der Waals surface area contributed by atoms with Gasteiger partial charge in [-0.2, -0.15) is 0 Å². The van der Waals surface area contributed by atoms with Gasteiger partial charge < -0.3 is 9.66 Å². The Morgan fingerprint density at radius 1 is 1.58 bits per heavy atom. The monoisotopic (exact) mass is 187 g/mol. The Kier molecular flexibility index (Phi) is 2.51. The molecule has 12 heavy (non-hydrogen) atoms. The van der Waals surface area contributed by atoms with E-state index in [2.05, 4.69) is 4.98 Å². The van der Waals surface area contributed by atoms with Crippen LogP contribution in [0.25, 0.3) is 0 Å². The van der Waals surface area contributed by atoms with Gasteiger partial charge in [0.05, 0.1) is 5.56 Å². The minimum atomic E-state index is -2.35. The van der Waals surface area contributed by atoms with Crippen molar-refractivity contribution in [2.75, 3.05) is 0 Å². The van der Waals surface area contributed by atoms with Crippen LogP contribution in [0.3, 0.4) is 0 Å². The van der Waals surface area contributed by atoms with Gasteiger partial charge in [0, 0.05) is 6.20 Å². The van der Waals surface area contributed by atoms with Gasteiger partial charge in [0.1, 0.15) is 0 Å². The lowest BCUT2D eigenvalue weighted by molar-refractivity contribution is 0.0691. The van der Waals surface area contributed by atoms with Crippen molar-refractivity contribution in [3.63, 3.8) is 0 Å².